The average Bonchev–Trinajstić information content (AvgIpc) is 3.27. The molecule has 2 aromatic carbocycles. The summed E-state index contributed by atoms with van der Waals surface area (Å²) in [5.74, 6) is 0.632. The second-order valence-corrected chi connectivity index (χ2v) is 8.80. The Bertz CT molecular complexity index is 1070. The Hall–Kier alpha value is -2.94. The highest BCUT2D eigenvalue weighted by molar-refractivity contribution is 7.11. The SMILES string of the molecule is COc1ccc(Cc2nnc(C3CCN(C(=O)c4cccc(C(F)(F)F)c4)CC3)s2)cc1. The van der Waals surface area contributed by atoms with Crippen molar-refractivity contribution >= 4 is 17.2 Å². The predicted molar refractivity (Wildman–Crippen MR) is 115 cm³/mol. The zero-order valence-corrected chi connectivity index (χ0v) is 18.2. The molecule has 1 saturated heterocycles. The van der Waals surface area contributed by atoms with E-state index in [1.165, 1.54) is 12.1 Å². The van der Waals surface area contributed by atoms with Gasteiger partial charge in [0.15, 0.2) is 0 Å². The van der Waals surface area contributed by atoms with Crippen molar-refractivity contribution in [2.24, 2.45) is 0 Å². The number of alkyl halides is 3. The summed E-state index contributed by atoms with van der Waals surface area (Å²) < 4.78 is 44.0. The maximum atomic E-state index is 12.9. The maximum Gasteiger partial charge on any atom is 0.416 e. The third-order valence-electron chi connectivity index (χ3n) is 5.57. The summed E-state index contributed by atoms with van der Waals surface area (Å²) in [6.45, 7) is 0.959. The molecule has 1 fully saturated rings. The molecule has 9 heteroatoms. The third-order valence-corrected chi connectivity index (χ3v) is 6.65. The van der Waals surface area contributed by atoms with E-state index < -0.39 is 11.7 Å². The molecule has 1 aliphatic heterocycles. The first-order chi connectivity index (χ1) is 15.3. The molecule has 0 bridgehead atoms. The Morgan fingerprint density at radius 2 is 1.84 bits per heavy atom. The van der Waals surface area contributed by atoms with Gasteiger partial charge >= 0.3 is 6.18 Å². The van der Waals surface area contributed by atoms with Crippen molar-refractivity contribution in [2.45, 2.75) is 31.4 Å². The topological polar surface area (TPSA) is 55.3 Å². The number of methoxy groups -OCH3 is 1. The number of likely N-dealkylation sites (tertiary alicyclic amines) is 1. The summed E-state index contributed by atoms with van der Waals surface area (Å²) in [4.78, 5) is 14.3. The Morgan fingerprint density at radius 1 is 1.12 bits per heavy atom. The van der Waals surface area contributed by atoms with Crippen LogP contribution in [0, 0.1) is 0 Å². The summed E-state index contributed by atoms with van der Waals surface area (Å²) in [7, 11) is 1.63. The highest BCUT2D eigenvalue weighted by Crippen LogP contribution is 2.33. The summed E-state index contributed by atoms with van der Waals surface area (Å²) in [6.07, 6.45) is -2.36. The molecule has 1 aliphatic rings. The lowest BCUT2D eigenvalue weighted by Crippen LogP contribution is -2.38. The first-order valence-electron chi connectivity index (χ1n) is 10.2. The predicted octanol–water partition coefficient (Wildman–Crippen LogP) is 5.18. The van der Waals surface area contributed by atoms with E-state index in [9.17, 15) is 18.0 Å². The van der Waals surface area contributed by atoms with Crippen LogP contribution in [-0.4, -0.2) is 41.2 Å². The van der Waals surface area contributed by atoms with E-state index in [0.29, 0.717) is 32.4 Å². The number of amides is 1. The number of carbonyl (C=O) groups is 1. The largest absolute Gasteiger partial charge is 0.497 e. The van der Waals surface area contributed by atoms with Crippen LogP contribution in [0.15, 0.2) is 48.5 Å². The minimum atomic E-state index is -4.47. The average molecular weight is 462 g/mol. The fourth-order valence-corrected chi connectivity index (χ4v) is 4.81. The Kier molecular flexibility index (Phi) is 6.45. The molecular weight excluding hydrogens is 439 g/mol. The van der Waals surface area contributed by atoms with E-state index in [2.05, 4.69) is 10.2 Å². The van der Waals surface area contributed by atoms with Crippen LogP contribution in [0.5, 0.6) is 5.75 Å². The van der Waals surface area contributed by atoms with E-state index in [1.807, 2.05) is 24.3 Å². The van der Waals surface area contributed by atoms with Crippen LogP contribution in [0.2, 0.25) is 0 Å². The molecule has 0 unspecified atom stereocenters. The van der Waals surface area contributed by atoms with Gasteiger partial charge in [0.05, 0.1) is 12.7 Å². The minimum Gasteiger partial charge on any atom is -0.497 e. The van der Waals surface area contributed by atoms with Crippen LogP contribution in [-0.2, 0) is 12.6 Å². The molecule has 168 valence electrons. The van der Waals surface area contributed by atoms with Gasteiger partial charge in [0.2, 0.25) is 0 Å². The number of rotatable bonds is 5. The van der Waals surface area contributed by atoms with Crippen molar-refractivity contribution in [3.05, 3.63) is 75.2 Å². The van der Waals surface area contributed by atoms with Gasteiger partial charge in [-0.25, -0.2) is 0 Å². The van der Waals surface area contributed by atoms with Crippen molar-refractivity contribution in [3.63, 3.8) is 0 Å². The van der Waals surface area contributed by atoms with Crippen molar-refractivity contribution in [3.8, 4) is 5.75 Å². The normalized spacial score (nSPS) is 15.1. The molecule has 2 heterocycles. The maximum absolute atomic E-state index is 12.9. The molecule has 3 aromatic rings. The molecule has 0 aliphatic carbocycles. The van der Waals surface area contributed by atoms with Gasteiger partial charge in [0, 0.05) is 31.0 Å². The van der Waals surface area contributed by atoms with Gasteiger partial charge < -0.3 is 9.64 Å². The van der Waals surface area contributed by atoms with Gasteiger partial charge in [0.1, 0.15) is 15.8 Å². The molecule has 1 amide bonds. The van der Waals surface area contributed by atoms with E-state index in [1.54, 1.807) is 23.3 Å². The quantitative estimate of drug-likeness (QED) is 0.526. The van der Waals surface area contributed by atoms with E-state index in [0.717, 1.165) is 33.5 Å². The van der Waals surface area contributed by atoms with Gasteiger partial charge in [-0.3, -0.25) is 4.79 Å². The molecule has 0 N–H and O–H groups in total. The number of halogens is 3. The van der Waals surface area contributed by atoms with Gasteiger partial charge in [-0.05, 0) is 48.7 Å². The number of aromatic nitrogens is 2. The monoisotopic (exact) mass is 461 g/mol. The number of piperidine rings is 1. The summed E-state index contributed by atoms with van der Waals surface area (Å²) >= 11 is 1.57. The number of ether oxygens (including phenoxy) is 1. The van der Waals surface area contributed by atoms with E-state index in [4.69, 9.17) is 4.74 Å². The first-order valence-corrected chi connectivity index (χ1v) is 11.1. The van der Waals surface area contributed by atoms with Gasteiger partial charge in [0.25, 0.3) is 5.91 Å². The number of hydrogen-bond acceptors (Lipinski definition) is 5. The third kappa shape index (κ3) is 5.09. The summed E-state index contributed by atoms with van der Waals surface area (Å²) in [5, 5.41) is 10.5. The highest BCUT2D eigenvalue weighted by atomic mass is 32.1. The molecule has 0 saturated carbocycles. The molecule has 0 spiro atoms. The van der Waals surface area contributed by atoms with Crippen LogP contribution < -0.4 is 4.74 Å². The number of benzene rings is 2. The van der Waals surface area contributed by atoms with Gasteiger partial charge in [-0.1, -0.05) is 18.2 Å². The highest BCUT2D eigenvalue weighted by Gasteiger charge is 2.32. The lowest BCUT2D eigenvalue weighted by molar-refractivity contribution is -0.137. The van der Waals surface area contributed by atoms with E-state index >= 15 is 0 Å². The van der Waals surface area contributed by atoms with Crippen LogP contribution in [0.4, 0.5) is 13.2 Å². The molecule has 4 rings (SSSR count). The van der Waals surface area contributed by atoms with Crippen molar-refractivity contribution in [1.82, 2.24) is 15.1 Å². The minimum absolute atomic E-state index is 0.0657. The van der Waals surface area contributed by atoms with Crippen molar-refractivity contribution in [2.75, 3.05) is 20.2 Å². The smallest absolute Gasteiger partial charge is 0.416 e. The van der Waals surface area contributed by atoms with Crippen LogP contribution >= 0.6 is 11.3 Å². The molecule has 5 nitrogen and oxygen atoms in total. The van der Waals surface area contributed by atoms with Crippen molar-refractivity contribution in [1.29, 1.82) is 0 Å². The van der Waals surface area contributed by atoms with Gasteiger partial charge in [-0.2, -0.15) is 13.2 Å². The zero-order chi connectivity index (χ0) is 22.7. The number of hydrogen-bond donors (Lipinski definition) is 0. The number of nitrogens with zero attached hydrogens (tertiary/aromatic N) is 3. The second kappa shape index (κ2) is 9.28. The molecule has 0 radical (unpaired) electrons. The summed E-state index contributed by atoms with van der Waals surface area (Å²) in [5.41, 5.74) is 0.377. The Balaban J connectivity index is 1.35. The molecule has 0 atom stereocenters. The van der Waals surface area contributed by atoms with Crippen LogP contribution in [0.25, 0.3) is 0 Å². The fourth-order valence-electron chi connectivity index (χ4n) is 3.76. The zero-order valence-electron chi connectivity index (χ0n) is 17.4. The second-order valence-electron chi connectivity index (χ2n) is 7.70. The van der Waals surface area contributed by atoms with Crippen LogP contribution in [0.3, 0.4) is 0 Å². The van der Waals surface area contributed by atoms with E-state index in [-0.39, 0.29) is 17.4 Å². The lowest BCUT2D eigenvalue weighted by Gasteiger charge is -2.31. The standard InChI is InChI=1S/C23H22F3N3O2S/c1-31-19-7-5-15(6-8-19)13-20-27-28-21(32-20)16-9-11-29(12-10-16)22(30)17-3-2-4-18(14-17)23(24,25)26/h2-8,14,16H,9-13H2,1H3. The number of carbonyl (C=O) groups excluding carboxylic acids is 1. The Labute approximate surface area is 187 Å². The van der Waals surface area contributed by atoms with Crippen molar-refractivity contribution < 1.29 is 22.7 Å². The van der Waals surface area contributed by atoms with Gasteiger partial charge in [-0.15, -0.1) is 21.5 Å². The molecule has 1 aromatic heterocycles. The fraction of sp³-hybridized carbons (Fsp3) is 0.348. The Morgan fingerprint density at radius 3 is 2.50 bits per heavy atom. The summed E-state index contributed by atoms with van der Waals surface area (Å²) in [6, 6.07) is 12.4. The lowest BCUT2D eigenvalue weighted by atomic mass is 9.97. The molecular formula is C23H22F3N3O2S. The molecule has 32 heavy (non-hydrogen) atoms. The first kappa shape index (κ1) is 22.3. The van der Waals surface area contributed by atoms with Crippen LogP contribution in [0.1, 0.15) is 50.3 Å².